The van der Waals surface area contributed by atoms with E-state index in [0.717, 1.165) is 5.56 Å². The van der Waals surface area contributed by atoms with Gasteiger partial charge < -0.3 is 15.1 Å². The first kappa shape index (κ1) is 13.0. The summed E-state index contributed by atoms with van der Waals surface area (Å²) < 4.78 is 0. The topological polar surface area (TPSA) is 60.8 Å². The molecule has 0 fully saturated rings. The lowest BCUT2D eigenvalue weighted by atomic mass is 10.1. The average Bonchev–Trinajstić information content (AvgIpc) is 2.41. The Labute approximate surface area is 111 Å². The fraction of sp³-hybridized carbons (Fsp3) is 0.133. The molecule has 1 amide bonds. The van der Waals surface area contributed by atoms with Crippen LogP contribution in [-0.4, -0.2) is 23.2 Å². The molecule has 0 aliphatic heterocycles. The van der Waals surface area contributed by atoms with E-state index in [2.05, 4.69) is 0 Å². The largest absolute Gasteiger partial charge is 0.508 e. The highest BCUT2D eigenvalue weighted by atomic mass is 16.3. The Morgan fingerprint density at radius 3 is 2.32 bits per heavy atom. The minimum Gasteiger partial charge on any atom is -0.508 e. The summed E-state index contributed by atoms with van der Waals surface area (Å²) in [6.07, 6.45) is 0. The second-order valence-corrected chi connectivity index (χ2v) is 4.40. The van der Waals surface area contributed by atoms with Gasteiger partial charge in [0.2, 0.25) is 0 Å². The first-order valence-electron chi connectivity index (χ1n) is 5.86. The maximum Gasteiger partial charge on any atom is 0.261 e. The van der Waals surface area contributed by atoms with E-state index < -0.39 is 0 Å². The van der Waals surface area contributed by atoms with Crippen molar-refractivity contribution in [3.8, 4) is 11.5 Å². The lowest BCUT2D eigenvalue weighted by molar-refractivity contribution is 0.0990. The van der Waals surface area contributed by atoms with Crippen molar-refractivity contribution in [1.82, 2.24) is 0 Å². The number of aryl methyl sites for hydroxylation is 1. The molecule has 0 radical (unpaired) electrons. The van der Waals surface area contributed by atoms with E-state index in [1.54, 1.807) is 31.3 Å². The Morgan fingerprint density at radius 1 is 1.05 bits per heavy atom. The Morgan fingerprint density at radius 2 is 1.68 bits per heavy atom. The van der Waals surface area contributed by atoms with Crippen molar-refractivity contribution < 1.29 is 15.0 Å². The summed E-state index contributed by atoms with van der Waals surface area (Å²) in [5, 5.41) is 19.0. The molecule has 0 unspecified atom stereocenters. The monoisotopic (exact) mass is 257 g/mol. The number of phenols is 2. The molecule has 0 aliphatic rings. The summed E-state index contributed by atoms with van der Waals surface area (Å²) in [5.41, 5.74) is 1.81. The van der Waals surface area contributed by atoms with Crippen LogP contribution >= 0.6 is 0 Å². The van der Waals surface area contributed by atoms with Gasteiger partial charge >= 0.3 is 0 Å². The number of carbonyl (C=O) groups is 1. The van der Waals surface area contributed by atoms with E-state index in [1.807, 2.05) is 6.92 Å². The first-order chi connectivity index (χ1) is 8.99. The molecule has 2 rings (SSSR count). The second kappa shape index (κ2) is 5.02. The number of nitrogens with zero attached hydrogens (tertiary/aromatic N) is 1. The van der Waals surface area contributed by atoms with Crippen molar-refractivity contribution >= 4 is 11.6 Å². The lowest BCUT2D eigenvalue weighted by Gasteiger charge is -2.18. The molecule has 2 aromatic rings. The van der Waals surface area contributed by atoms with Gasteiger partial charge in [-0.25, -0.2) is 0 Å². The summed E-state index contributed by atoms with van der Waals surface area (Å²) in [6.45, 7) is 1.86. The summed E-state index contributed by atoms with van der Waals surface area (Å²) >= 11 is 0. The Bertz CT molecular complexity index is 605. The number of anilines is 1. The van der Waals surface area contributed by atoms with Crippen LogP contribution in [0, 0.1) is 6.92 Å². The number of rotatable bonds is 2. The van der Waals surface area contributed by atoms with Crippen molar-refractivity contribution in [2.75, 3.05) is 11.9 Å². The minimum absolute atomic E-state index is 0.0405. The van der Waals surface area contributed by atoms with E-state index in [0.29, 0.717) is 5.69 Å². The summed E-state index contributed by atoms with van der Waals surface area (Å²) in [4.78, 5) is 13.7. The van der Waals surface area contributed by atoms with Crippen molar-refractivity contribution in [3.63, 3.8) is 0 Å². The van der Waals surface area contributed by atoms with E-state index in [9.17, 15) is 15.0 Å². The number of hydrogen-bond donors (Lipinski definition) is 2. The van der Waals surface area contributed by atoms with Crippen LogP contribution in [0.2, 0.25) is 0 Å². The molecule has 0 saturated carbocycles. The third-order valence-corrected chi connectivity index (χ3v) is 2.92. The van der Waals surface area contributed by atoms with Crippen LogP contribution in [-0.2, 0) is 0 Å². The van der Waals surface area contributed by atoms with Gasteiger partial charge in [0.1, 0.15) is 11.5 Å². The van der Waals surface area contributed by atoms with E-state index >= 15 is 0 Å². The average molecular weight is 257 g/mol. The number of aromatic hydroxyl groups is 2. The van der Waals surface area contributed by atoms with Crippen LogP contribution < -0.4 is 4.90 Å². The molecule has 2 N–H and O–H groups in total. The molecule has 19 heavy (non-hydrogen) atoms. The summed E-state index contributed by atoms with van der Waals surface area (Å²) in [5.74, 6) is -0.198. The zero-order valence-electron chi connectivity index (χ0n) is 10.8. The van der Waals surface area contributed by atoms with Gasteiger partial charge in [0, 0.05) is 12.7 Å². The predicted molar refractivity (Wildman–Crippen MR) is 73.7 cm³/mol. The molecule has 2 aromatic carbocycles. The normalized spacial score (nSPS) is 10.2. The molecule has 0 atom stereocenters. The SMILES string of the molecule is Cc1ccc(O)c(C(=O)N(C)c2ccc(O)cc2)c1. The van der Waals surface area contributed by atoms with E-state index in [4.69, 9.17) is 0 Å². The van der Waals surface area contributed by atoms with Crippen LogP contribution in [0.4, 0.5) is 5.69 Å². The van der Waals surface area contributed by atoms with Crippen LogP contribution in [0.3, 0.4) is 0 Å². The first-order valence-corrected chi connectivity index (χ1v) is 5.86. The highest BCUT2D eigenvalue weighted by Crippen LogP contribution is 2.23. The molecular formula is C15H15NO3. The standard InChI is InChI=1S/C15H15NO3/c1-10-3-8-14(18)13(9-10)15(19)16(2)11-4-6-12(17)7-5-11/h3-9,17-18H,1-2H3. The zero-order valence-corrected chi connectivity index (χ0v) is 10.8. The minimum atomic E-state index is -0.299. The number of hydrogen-bond acceptors (Lipinski definition) is 3. The van der Waals surface area contributed by atoms with Gasteiger partial charge in [0.05, 0.1) is 5.56 Å². The van der Waals surface area contributed by atoms with Gasteiger partial charge in [-0.3, -0.25) is 4.79 Å². The van der Waals surface area contributed by atoms with Gasteiger partial charge in [0.15, 0.2) is 0 Å². The van der Waals surface area contributed by atoms with Gasteiger partial charge in [-0.05, 0) is 43.3 Å². The number of phenolic OH excluding ortho intramolecular Hbond substituents is 2. The van der Waals surface area contributed by atoms with Gasteiger partial charge in [-0.15, -0.1) is 0 Å². The number of benzene rings is 2. The smallest absolute Gasteiger partial charge is 0.261 e. The van der Waals surface area contributed by atoms with Crippen LogP contribution in [0.1, 0.15) is 15.9 Å². The van der Waals surface area contributed by atoms with Crippen molar-refractivity contribution in [2.24, 2.45) is 0 Å². The summed E-state index contributed by atoms with van der Waals surface area (Å²) in [6, 6.07) is 11.2. The molecule has 4 nitrogen and oxygen atoms in total. The quantitative estimate of drug-likeness (QED) is 0.869. The van der Waals surface area contributed by atoms with Crippen LogP contribution in [0.25, 0.3) is 0 Å². The molecule has 0 spiro atoms. The summed E-state index contributed by atoms with van der Waals surface area (Å²) in [7, 11) is 1.62. The fourth-order valence-electron chi connectivity index (χ4n) is 1.80. The molecule has 0 aliphatic carbocycles. The Kier molecular flexibility index (Phi) is 3.42. The molecule has 4 heteroatoms. The predicted octanol–water partition coefficient (Wildman–Crippen LogP) is 2.68. The second-order valence-electron chi connectivity index (χ2n) is 4.40. The fourth-order valence-corrected chi connectivity index (χ4v) is 1.80. The van der Waals surface area contributed by atoms with Crippen molar-refractivity contribution in [2.45, 2.75) is 6.92 Å². The lowest BCUT2D eigenvalue weighted by Crippen LogP contribution is -2.26. The molecule has 0 aromatic heterocycles. The van der Waals surface area contributed by atoms with Crippen LogP contribution in [0.15, 0.2) is 42.5 Å². The van der Waals surface area contributed by atoms with Crippen molar-refractivity contribution in [3.05, 3.63) is 53.6 Å². The Hall–Kier alpha value is -2.49. The van der Waals surface area contributed by atoms with E-state index in [-0.39, 0.29) is 23.0 Å². The van der Waals surface area contributed by atoms with E-state index in [1.165, 1.54) is 23.1 Å². The molecule has 0 saturated heterocycles. The van der Waals surface area contributed by atoms with Gasteiger partial charge in [-0.1, -0.05) is 11.6 Å². The third kappa shape index (κ3) is 2.68. The maximum absolute atomic E-state index is 12.3. The zero-order chi connectivity index (χ0) is 14.0. The molecular weight excluding hydrogens is 242 g/mol. The number of amides is 1. The number of carbonyl (C=O) groups excluding carboxylic acids is 1. The van der Waals surface area contributed by atoms with Crippen molar-refractivity contribution in [1.29, 1.82) is 0 Å². The highest BCUT2D eigenvalue weighted by Gasteiger charge is 2.17. The van der Waals surface area contributed by atoms with Gasteiger partial charge in [-0.2, -0.15) is 0 Å². The third-order valence-electron chi connectivity index (χ3n) is 2.92. The molecule has 0 heterocycles. The van der Waals surface area contributed by atoms with Gasteiger partial charge in [0.25, 0.3) is 5.91 Å². The maximum atomic E-state index is 12.3. The molecule has 98 valence electrons. The Balaban J connectivity index is 2.33. The highest BCUT2D eigenvalue weighted by molar-refractivity contribution is 6.07. The molecule has 0 bridgehead atoms. The van der Waals surface area contributed by atoms with Crippen LogP contribution in [0.5, 0.6) is 11.5 Å².